The van der Waals surface area contributed by atoms with Crippen LogP contribution in [0.3, 0.4) is 0 Å². The number of carbonyl (C=O) groups is 1. The normalized spacial score (nSPS) is 14.8. The molecule has 2 heterocycles. The molecule has 0 aliphatic carbocycles. The first-order chi connectivity index (χ1) is 21.5. The fourth-order valence-electron chi connectivity index (χ4n) is 5.03. The van der Waals surface area contributed by atoms with E-state index < -0.39 is 23.8 Å². The van der Waals surface area contributed by atoms with Gasteiger partial charge in [0.1, 0.15) is 16.5 Å². The van der Waals surface area contributed by atoms with Gasteiger partial charge in [0.2, 0.25) is 0 Å². The molecule has 1 fully saturated rings. The minimum atomic E-state index is -4.40. The summed E-state index contributed by atoms with van der Waals surface area (Å²) < 4.78 is 50.6. The number of benzene rings is 3. The van der Waals surface area contributed by atoms with Crippen molar-refractivity contribution in [3.63, 3.8) is 0 Å². The Morgan fingerprint density at radius 3 is 2.40 bits per heavy atom. The summed E-state index contributed by atoms with van der Waals surface area (Å²) in [7, 11) is 1.68. The van der Waals surface area contributed by atoms with Crippen molar-refractivity contribution in [1.82, 2.24) is 9.88 Å². The summed E-state index contributed by atoms with van der Waals surface area (Å²) in [5, 5.41) is 9.85. The molecule has 3 aromatic carbocycles. The largest absolute Gasteiger partial charge is 0.495 e. The molecule has 4 aromatic rings. The van der Waals surface area contributed by atoms with Gasteiger partial charge in [-0.1, -0.05) is 24.3 Å². The summed E-state index contributed by atoms with van der Waals surface area (Å²) in [6.45, 7) is 7.30. The average Bonchev–Trinajstić information content (AvgIpc) is 3.43. The number of aromatic nitrogens is 1. The lowest BCUT2D eigenvalue weighted by atomic mass is 10.1. The van der Waals surface area contributed by atoms with Crippen LogP contribution < -0.4 is 14.4 Å². The zero-order valence-corrected chi connectivity index (χ0v) is 26.8. The Balaban J connectivity index is 1.33. The number of alkyl halides is 3. The number of para-hydroxylation sites is 2. The van der Waals surface area contributed by atoms with Crippen LogP contribution in [0.2, 0.25) is 0 Å². The molecule has 1 atom stereocenters. The molecular formula is C33H34F3N3O4S2. The number of carboxylic acid groups (broad SMARTS) is 1. The van der Waals surface area contributed by atoms with Crippen LogP contribution in [0.4, 0.5) is 18.9 Å². The molecule has 0 bridgehead atoms. The molecular weight excluding hydrogens is 624 g/mol. The predicted molar refractivity (Wildman–Crippen MR) is 172 cm³/mol. The van der Waals surface area contributed by atoms with Crippen molar-refractivity contribution < 1.29 is 32.5 Å². The third-order valence-electron chi connectivity index (χ3n) is 7.58. The van der Waals surface area contributed by atoms with Crippen molar-refractivity contribution in [2.45, 2.75) is 43.3 Å². The van der Waals surface area contributed by atoms with Gasteiger partial charge in [0.25, 0.3) is 0 Å². The third kappa shape index (κ3) is 8.11. The van der Waals surface area contributed by atoms with E-state index in [0.29, 0.717) is 28.6 Å². The molecule has 1 aliphatic rings. The Morgan fingerprint density at radius 2 is 1.76 bits per heavy atom. The summed E-state index contributed by atoms with van der Waals surface area (Å²) in [6, 6.07) is 18.8. The molecule has 238 valence electrons. The number of hydrogen-bond acceptors (Lipinski definition) is 8. The highest BCUT2D eigenvalue weighted by Crippen LogP contribution is 2.37. The van der Waals surface area contributed by atoms with Crippen LogP contribution >= 0.6 is 23.1 Å². The second-order valence-electron chi connectivity index (χ2n) is 10.7. The van der Waals surface area contributed by atoms with Gasteiger partial charge < -0.3 is 19.5 Å². The standard InChI is InChI=1S/C33H34F3N3O4S2/c1-21-18-25(12-13-28(21)43-22(2)32(40)41)44-20-30-26(37-31(45-30)23-8-10-24(11-9-23)33(34,35)36)19-38-14-16-39(17-15-38)27-6-4-5-7-29(27)42-3/h4-13,18,22H,14-17,19-20H2,1-3H3,(H,40,41). The number of halogens is 3. The van der Waals surface area contributed by atoms with Crippen LogP contribution in [0.1, 0.15) is 28.6 Å². The minimum Gasteiger partial charge on any atom is -0.495 e. The van der Waals surface area contributed by atoms with Crippen molar-refractivity contribution in [2.24, 2.45) is 0 Å². The Labute approximate surface area is 268 Å². The molecule has 0 amide bonds. The fourth-order valence-corrected chi connectivity index (χ4v) is 7.20. The van der Waals surface area contributed by atoms with Gasteiger partial charge in [-0.25, -0.2) is 9.78 Å². The smallest absolute Gasteiger partial charge is 0.416 e. The monoisotopic (exact) mass is 657 g/mol. The molecule has 1 unspecified atom stereocenters. The number of aliphatic carboxylic acids is 1. The Bertz CT molecular complexity index is 1620. The highest BCUT2D eigenvalue weighted by molar-refractivity contribution is 7.98. The second-order valence-corrected chi connectivity index (χ2v) is 12.8. The van der Waals surface area contributed by atoms with E-state index in [4.69, 9.17) is 19.6 Å². The molecule has 0 spiro atoms. The molecule has 1 aliphatic heterocycles. The van der Waals surface area contributed by atoms with Gasteiger partial charge in [-0.05, 0) is 61.9 Å². The molecule has 1 N–H and O–H groups in total. The molecule has 5 rings (SSSR count). The maximum Gasteiger partial charge on any atom is 0.416 e. The molecule has 45 heavy (non-hydrogen) atoms. The summed E-state index contributed by atoms with van der Waals surface area (Å²) in [6.07, 6.45) is -5.35. The second kappa shape index (κ2) is 14.1. The fraction of sp³-hybridized carbons (Fsp3) is 0.333. The first-order valence-electron chi connectivity index (χ1n) is 14.4. The summed E-state index contributed by atoms with van der Waals surface area (Å²) in [5.41, 5.74) is 2.78. The van der Waals surface area contributed by atoms with Gasteiger partial charge in [0, 0.05) is 53.8 Å². The molecule has 0 radical (unpaired) electrons. The van der Waals surface area contributed by atoms with E-state index in [2.05, 4.69) is 15.9 Å². The predicted octanol–water partition coefficient (Wildman–Crippen LogP) is 7.61. The lowest BCUT2D eigenvalue weighted by molar-refractivity contribution is -0.144. The van der Waals surface area contributed by atoms with Gasteiger partial charge in [-0.3, -0.25) is 4.90 Å². The number of anilines is 1. The Hall–Kier alpha value is -3.74. The Morgan fingerprint density at radius 1 is 1.04 bits per heavy atom. The van der Waals surface area contributed by atoms with Crippen LogP contribution in [0.5, 0.6) is 11.5 Å². The van der Waals surface area contributed by atoms with Crippen molar-refractivity contribution in [3.8, 4) is 22.1 Å². The number of hydrogen-bond donors (Lipinski definition) is 1. The molecule has 0 saturated carbocycles. The molecule has 1 aromatic heterocycles. The van der Waals surface area contributed by atoms with Gasteiger partial charge in [0.15, 0.2) is 6.10 Å². The summed E-state index contributed by atoms with van der Waals surface area (Å²) >= 11 is 3.12. The topological polar surface area (TPSA) is 75.1 Å². The SMILES string of the molecule is COc1ccccc1N1CCN(Cc2nc(-c3ccc(C(F)(F)F)cc3)sc2CSc2ccc(OC(C)C(=O)O)c(C)c2)CC1. The highest BCUT2D eigenvalue weighted by atomic mass is 32.2. The maximum absolute atomic E-state index is 13.2. The van der Waals surface area contributed by atoms with Crippen molar-refractivity contribution in [3.05, 3.63) is 88.4 Å². The summed E-state index contributed by atoms with van der Waals surface area (Å²) in [4.78, 5) is 22.8. The number of carboxylic acids is 1. The molecule has 7 nitrogen and oxygen atoms in total. The number of thiazole rings is 1. The molecule has 12 heteroatoms. The number of thioether (sulfide) groups is 1. The third-order valence-corrected chi connectivity index (χ3v) is 9.93. The number of aryl methyl sites for hydroxylation is 1. The number of ether oxygens (including phenoxy) is 2. The number of piperazine rings is 1. The Kier molecular flexibility index (Phi) is 10.3. The first kappa shape index (κ1) is 32.6. The summed E-state index contributed by atoms with van der Waals surface area (Å²) in [5.74, 6) is 0.956. The van der Waals surface area contributed by atoms with E-state index >= 15 is 0 Å². The van der Waals surface area contributed by atoms with Gasteiger partial charge >= 0.3 is 12.1 Å². The highest BCUT2D eigenvalue weighted by Gasteiger charge is 2.30. The van der Waals surface area contributed by atoms with E-state index in [9.17, 15) is 18.0 Å². The van der Waals surface area contributed by atoms with Crippen LogP contribution in [0.15, 0.2) is 71.6 Å². The van der Waals surface area contributed by atoms with Crippen molar-refractivity contribution in [1.29, 1.82) is 0 Å². The lowest BCUT2D eigenvalue weighted by Gasteiger charge is -2.36. The minimum absolute atomic E-state index is 0.518. The van der Waals surface area contributed by atoms with E-state index in [1.54, 1.807) is 24.9 Å². The van der Waals surface area contributed by atoms with Crippen LogP contribution in [-0.2, 0) is 23.3 Å². The molecule has 1 saturated heterocycles. The quantitative estimate of drug-likeness (QED) is 0.165. The van der Waals surface area contributed by atoms with E-state index in [0.717, 1.165) is 70.8 Å². The number of nitrogens with zero attached hydrogens (tertiary/aromatic N) is 3. The van der Waals surface area contributed by atoms with Crippen LogP contribution in [0, 0.1) is 6.92 Å². The van der Waals surface area contributed by atoms with Gasteiger partial charge in [-0.15, -0.1) is 23.1 Å². The van der Waals surface area contributed by atoms with E-state index in [1.807, 2.05) is 37.3 Å². The van der Waals surface area contributed by atoms with E-state index in [1.165, 1.54) is 30.4 Å². The average molecular weight is 658 g/mol. The van der Waals surface area contributed by atoms with Crippen molar-refractivity contribution >= 4 is 34.8 Å². The van der Waals surface area contributed by atoms with Crippen LogP contribution in [0.25, 0.3) is 10.6 Å². The number of rotatable bonds is 11. The lowest BCUT2D eigenvalue weighted by Crippen LogP contribution is -2.46. The number of methoxy groups -OCH3 is 1. The zero-order valence-electron chi connectivity index (χ0n) is 25.1. The van der Waals surface area contributed by atoms with Crippen molar-refractivity contribution in [2.75, 3.05) is 38.2 Å². The maximum atomic E-state index is 13.2. The van der Waals surface area contributed by atoms with E-state index in [-0.39, 0.29) is 0 Å². The zero-order chi connectivity index (χ0) is 32.1. The van der Waals surface area contributed by atoms with Gasteiger partial charge in [-0.2, -0.15) is 13.2 Å². The van der Waals surface area contributed by atoms with Gasteiger partial charge in [0.05, 0.1) is 24.1 Å². The van der Waals surface area contributed by atoms with Crippen LogP contribution in [-0.4, -0.2) is 60.4 Å². The first-order valence-corrected chi connectivity index (χ1v) is 16.2.